The lowest BCUT2D eigenvalue weighted by atomic mass is 9.98. The van der Waals surface area contributed by atoms with Crippen LogP contribution in [0.5, 0.6) is 0 Å². The van der Waals surface area contributed by atoms with E-state index in [9.17, 15) is 0 Å². The molecule has 0 bridgehead atoms. The van der Waals surface area contributed by atoms with Gasteiger partial charge in [-0.3, -0.25) is 11.3 Å². The number of rotatable bonds is 4. The molecule has 0 saturated carbocycles. The normalized spacial score (nSPS) is 13.2. The minimum absolute atomic E-state index is 0.180. The van der Waals surface area contributed by atoms with Gasteiger partial charge in [0.2, 0.25) is 0 Å². The Hall–Kier alpha value is 0.160. The number of hydrogen-bond acceptors (Lipinski definition) is 2. The summed E-state index contributed by atoms with van der Waals surface area (Å²) in [5.41, 5.74) is 3.98. The quantitative estimate of drug-likeness (QED) is 0.501. The standard InChI is InChI=1S/C11H16ClIN2/c1-7(2)5-11(15-14)8-3-4-10(13)9(12)6-8/h3-4,6-7,11,15H,5,14H2,1-2H3. The van der Waals surface area contributed by atoms with Gasteiger partial charge in [0.15, 0.2) is 0 Å². The molecule has 0 amide bonds. The SMILES string of the molecule is CC(C)CC(NN)c1ccc(I)c(Cl)c1. The van der Waals surface area contributed by atoms with Crippen molar-refractivity contribution in [2.45, 2.75) is 26.3 Å². The first-order valence-electron chi connectivity index (χ1n) is 4.95. The highest BCUT2D eigenvalue weighted by atomic mass is 127. The van der Waals surface area contributed by atoms with Crippen molar-refractivity contribution in [3.8, 4) is 0 Å². The highest BCUT2D eigenvalue weighted by Crippen LogP contribution is 2.26. The van der Waals surface area contributed by atoms with Crippen LogP contribution < -0.4 is 11.3 Å². The predicted octanol–water partition coefficient (Wildman–Crippen LogP) is 3.50. The Kier molecular flexibility index (Phi) is 5.32. The summed E-state index contributed by atoms with van der Waals surface area (Å²) in [6, 6.07) is 6.25. The van der Waals surface area contributed by atoms with Crippen molar-refractivity contribution in [1.29, 1.82) is 0 Å². The molecule has 1 atom stereocenters. The highest BCUT2D eigenvalue weighted by molar-refractivity contribution is 14.1. The van der Waals surface area contributed by atoms with Gasteiger partial charge in [0.1, 0.15) is 0 Å². The Labute approximate surface area is 110 Å². The number of nitrogens with two attached hydrogens (primary N) is 1. The molecule has 0 aliphatic carbocycles. The van der Waals surface area contributed by atoms with Crippen LogP contribution in [0.1, 0.15) is 31.9 Å². The van der Waals surface area contributed by atoms with E-state index >= 15 is 0 Å². The molecule has 2 nitrogen and oxygen atoms in total. The van der Waals surface area contributed by atoms with Gasteiger partial charge in [0.05, 0.1) is 5.02 Å². The summed E-state index contributed by atoms with van der Waals surface area (Å²) in [7, 11) is 0. The first-order chi connectivity index (χ1) is 7.04. The third kappa shape index (κ3) is 3.90. The van der Waals surface area contributed by atoms with E-state index in [0.29, 0.717) is 5.92 Å². The molecule has 0 saturated heterocycles. The Morgan fingerprint density at radius 2 is 2.13 bits per heavy atom. The molecule has 1 aromatic rings. The van der Waals surface area contributed by atoms with E-state index < -0.39 is 0 Å². The molecule has 0 heterocycles. The molecule has 1 unspecified atom stereocenters. The second kappa shape index (κ2) is 6.03. The Morgan fingerprint density at radius 1 is 1.47 bits per heavy atom. The molecular weight excluding hydrogens is 322 g/mol. The second-order valence-corrected chi connectivity index (χ2v) is 5.59. The van der Waals surface area contributed by atoms with Crippen molar-refractivity contribution >= 4 is 34.2 Å². The fourth-order valence-corrected chi connectivity index (χ4v) is 2.03. The summed E-state index contributed by atoms with van der Waals surface area (Å²) >= 11 is 8.29. The molecule has 0 fully saturated rings. The number of nitrogens with one attached hydrogen (secondary N) is 1. The van der Waals surface area contributed by atoms with Gasteiger partial charge in [-0.2, -0.15) is 0 Å². The molecule has 1 rings (SSSR count). The van der Waals surface area contributed by atoms with Crippen LogP contribution in [0.15, 0.2) is 18.2 Å². The van der Waals surface area contributed by atoms with Crippen molar-refractivity contribution in [1.82, 2.24) is 5.43 Å². The monoisotopic (exact) mass is 338 g/mol. The van der Waals surface area contributed by atoms with Gasteiger partial charge in [-0.15, -0.1) is 0 Å². The van der Waals surface area contributed by atoms with E-state index in [4.69, 9.17) is 17.4 Å². The minimum Gasteiger partial charge on any atom is -0.271 e. The topological polar surface area (TPSA) is 38.0 Å². The average Bonchev–Trinajstić information content (AvgIpc) is 2.18. The zero-order valence-electron chi connectivity index (χ0n) is 8.93. The second-order valence-electron chi connectivity index (χ2n) is 4.02. The number of benzene rings is 1. The molecular formula is C11H16ClIN2. The zero-order valence-corrected chi connectivity index (χ0v) is 11.8. The van der Waals surface area contributed by atoms with Crippen LogP contribution in [0.25, 0.3) is 0 Å². The van der Waals surface area contributed by atoms with E-state index in [1.54, 1.807) is 0 Å². The number of hydrogen-bond donors (Lipinski definition) is 2. The molecule has 3 N–H and O–H groups in total. The maximum absolute atomic E-state index is 6.08. The van der Waals surface area contributed by atoms with Crippen molar-refractivity contribution in [2.75, 3.05) is 0 Å². The lowest BCUT2D eigenvalue weighted by Crippen LogP contribution is -2.29. The molecule has 84 valence electrons. The molecule has 1 aromatic carbocycles. The summed E-state index contributed by atoms with van der Waals surface area (Å²) < 4.78 is 1.07. The Bertz CT molecular complexity index is 328. The lowest BCUT2D eigenvalue weighted by molar-refractivity contribution is 0.438. The fourth-order valence-electron chi connectivity index (χ4n) is 1.50. The van der Waals surface area contributed by atoms with Gasteiger partial charge in [-0.1, -0.05) is 31.5 Å². The summed E-state index contributed by atoms with van der Waals surface area (Å²) in [5.74, 6) is 6.15. The highest BCUT2D eigenvalue weighted by Gasteiger charge is 2.12. The van der Waals surface area contributed by atoms with Crippen LogP contribution in [0.2, 0.25) is 5.02 Å². The largest absolute Gasteiger partial charge is 0.271 e. The first-order valence-corrected chi connectivity index (χ1v) is 6.41. The molecule has 15 heavy (non-hydrogen) atoms. The van der Waals surface area contributed by atoms with Crippen LogP contribution in [0, 0.1) is 9.49 Å². The van der Waals surface area contributed by atoms with Crippen LogP contribution >= 0.6 is 34.2 Å². The molecule has 0 aromatic heterocycles. The van der Waals surface area contributed by atoms with Crippen molar-refractivity contribution in [3.63, 3.8) is 0 Å². The van der Waals surface area contributed by atoms with Crippen molar-refractivity contribution < 1.29 is 0 Å². The summed E-state index contributed by atoms with van der Waals surface area (Å²) in [4.78, 5) is 0. The smallest absolute Gasteiger partial charge is 0.0542 e. The molecule has 0 aliphatic heterocycles. The number of hydrazine groups is 1. The van der Waals surface area contributed by atoms with E-state index in [1.807, 2.05) is 12.1 Å². The van der Waals surface area contributed by atoms with E-state index in [2.05, 4.69) is 47.9 Å². The van der Waals surface area contributed by atoms with E-state index in [-0.39, 0.29) is 6.04 Å². The minimum atomic E-state index is 0.180. The first kappa shape index (κ1) is 13.2. The van der Waals surface area contributed by atoms with Crippen molar-refractivity contribution in [3.05, 3.63) is 32.4 Å². The average molecular weight is 339 g/mol. The van der Waals surface area contributed by atoms with Gasteiger partial charge < -0.3 is 0 Å². The van der Waals surface area contributed by atoms with E-state index in [1.165, 1.54) is 0 Å². The Morgan fingerprint density at radius 3 is 2.60 bits per heavy atom. The predicted molar refractivity (Wildman–Crippen MR) is 73.7 cm³/mol. The Balaban J connectivity index is 2.87. The van der Waals surface area contributed by atoms with Gasteiger partial charge in [0.25, 0.3) is 0 Å². The third-order valence-corrected chi connectivity index (χ3v) is 3.83. The fraction of sp³-hybridized carbons (Fsp3) is 0.455. The van der Waals surface area contributed by atoms with E-state index in [0.717, 1.165) is 20.6 Å². The lowest BCUT2D eigenvalue weighted by Gasteiger charge is -2.18. The maximum Gasteiger partial charge on any atom is 0.0542 e. The zero-order chi connectivity index (χ0) is 11.4. The van der Waals surface area contributed by atoms with Gasteiger partial charge >= 0.3 is 0 Å². The van der Waals surface area contributed by atoms with Gasteiger partial charge in [-0.05, 0) is 52.6 Å². The number of halogens is 2. The van der Waals surface area contributed by atoms with Gasteiger partial charge in [0, 0.05) is 9.61 Å². The van der Waals surface area contributed by atoms with Crippen LogP contribution in [0.4, 0.5) is 0 Å². The molecule has 0 spiro atoms. The van der Waals surface area contributed by atoms with Crippen LogP contribution in [0.3, 0.4) is 0 Å². The van der Waals surface area contributed by atoms with Crippen LogP contribution in [-0.4, -0.2) is 0 Å². The van der Waals surface area contributed by atoms with Gasteiger partial charge in [-0.25, -0.2) is 0 Å². The third-order valence-electron chi connectivity index (χ3n) is 2.25. The van der Waals surface area contributed by atoms with Crippen molar-refractivity contribution in [2.24, 2.45) is 11.8 Å². The van der Waals surface area contributed by atoms with Crippen LogP contribution in [-0.2, 0) is 0 Å². The molecule has 0 aliphatic rings. The summed E-state index contributed by atoms with van der Waals surface area (Å²) in [5, 5.41) is 0.789. The molecule has 0 radical (unpaired) electrons. The molecule has 4 heteroatoms. The maximum atomic E-state index is 6.08. The summed E-state index contributed by atoms with van der Waals surface area (Å²) in [6.07, 6.45) is 1.01. The summed E-state index contributed by atoms with van der Waals surface area (Å²) in [6.45, 7) is 4.36.